The number of nitro groups is 1. The minimum absolute atomic E-state index is 0.0498. The average molecular weight is 319 g/mol. The van der Waals surface area contributed by atoms with Gasteiger partial charge in [-0.3, -0.25) is 14.9 Å². The highest BCUT2D eigenvalue weighted by Gasteiger charge is 2.20. The van der Waals surface area contributed by atoms with Gasteiger partial charge in [-0.2, -0.15) is 4.39 Å². The van der Waals surface area contributed by atoms with E-state index < -0.39 is 37.3 Å². The van der Waals surface area contributed by atoms with Crippen molar-refractivity contribution in [2.75, 3.05) is 6.54 Å². The van der Waals surface area contributed by atoms with Crippen LogP contribution in [0.5, 0.6) is 0 Å². The van der Waals surface area contributed by atoms with Gasteiger partial charge in [-0.1, -0.05) is 0 Å². The van der Waals surface area contributed by atoms with Crippen LogP contribution in [0.3, 0.4) is 0 Å². The molecule has 1 aromatic rings. The summed E-state index contributed by atoms with van der Waals surface area (Å²) in [7, 11) is -3.95. The Morgan fingerprint density at radius 1 is 1.38 bits per heavy atom. The predicted molar refractivity (Wildman–Crippen MR) is 71.3 cm³/mol. The molecule has 0 heterocycles. The van der Waals surface area contributed by atoms with Gasteiger partial charge < -0.3 is 5.73 Å². The number of carbonyl (C=O) groups excluding carboxylic acids is 1. The third-order valence-electron chi connectivity index (χ3n) is 2.57. The van der Waals surface area contributed by atoms with Crippen LogP contribution in [0.4, 0.5) is 10.1 Å². The number of unbranched alkanes of at least 4 members (excludes halogenated alkanes) is 1. The Morgan fingerprint density at radius 3 is 2.57 bits per heavy atom. The number of nitrogens with zero attached hydrogens (tertiary/aromatic N) is 1. The van der Waals surface area contributed by atoms with E-state index in [1.165, 1.54) is 0 Å². The van der Waals surface area contributed by atoms with Gasteiger partial charge in [0.1, 0.15) is 0 Å². The van der Waals surface area contributed by atoms with E-state index in [0.29, 0.717) is 18.9 Å². The van der Waals surface area contributed by atoms with Crippen molar-refractivity contribution in [2.24, 2.45) is 5.73 Å². The maximum atomic E-state index is 13.4. The summed E-state index contributed by atoms with van der Waals surface area (Å²) in [6, 6.07) is 2.33. The Labute approximate surface area is 120 Å². The Bertz CT molecular complexity index is 647. The minimum Gasteiger partial charge on any atom is -0.370 e. The smallest absolute Gasteiger partial charge is 0.304 e. The number of rotatable bonds is 8. The fraction of sp³-hybridized carbons (Fsp3) is 0.364. The molecule has 1 aromatic carbocycles. The van der Waals surface area contributed by atoms with Gasteiger partial charge in [-0.25, -0.2) is 13.1 Å². The average Bonchev–Trinajstić information content (AvgIpc) is 2.37. The zero-order valence-corrected chi connectivity index (χ0v) is 11.7. The number of benzene rings is 1. The molecule has 0 atom stereocenters. The Hall–Kier alpha value is -2.07. The molecule has 0 bridgehead atoms. The van der Waals surface area contributed by atoms with E-state index in [1.807, 2.05) is 0 Å². The lowest BCUT2D eigenvalue weighted by molar-refractivity contribution is -0.387. The van der Waals surface area contributed by atoms with Crippen LogP contribution in [-0.2, 0) is 14.8 Å². The number of carbonyl (C=O) groups is 1. The van der Waals surface area contributed by atoms with Crippen LogP contribution in [-0.4, -0.2) is 25.8 Å². The van der Waals surface area contributed by atoms with E-state index in [1.54, 1.807) is 0 Å². The summed E-state index contributed by atoms with van der Waals surface area (Å²) >= 11 is 0. The highest BCUT2D eigenvalue weighted by atomic mass is 32.2. The van der Waals surface area contributed by atoms with E-state index in [9.17, 15) is 27.7 Å². The number of primary amides is 1. The molecule has 0 aliphatic heterocycles. The van der Waals surface area contributed by atoms with Crippen molar-refractivity contribution < 1.29 is 22.5 Å². The molecule has 10 heteroatoms. The predicted octanol–water partition coefficient (Wildman–Crippen LogP) is 0.668. The second-order valence-corrected chi connectivity index (χ2v) is 5.96. The first-order chi connectivity index (χ1) is 9.74. The van der Waals surface area contributed by atoms with Gasteiger partial charge in [-0.15, -0.1) is 0 Å². The lowest BCUT2D eigenvalue weighted by atomic mass is 10.2. The molecule has 0 aromatic heterocycles. The summed E-state index contributed by atoms with van der Waals surface area (Å²) in [5, 5.41) is 10.4. The van der Waals surface area contributed by atoms with Gasteiger partial charge in [0.05, 0.1) is 9.82 Å². The molecule has 0 saturated heterocycles. The molecule has 0 aliphatic carbocycles. The second kappa shape index (κ2) is 7.09. The molecular weight excluding hydrogens is 305 g/mol. The highest BCUT2D eigenvalue weighted by Crippen LogP contribution is 2.20. The van der Waals surface area contributed by atoms with Crippen LogP contribution in [0.1, 0.15) is 19.3 Å². The summed E-state index contributed by atoms with van der Waals surface area (Å²) < 4.78 is 39.2. The standard InChI is InChI=1S/C11H14FN3O5S/c12-9-7-8(4-5-10(9)15(17)18)21(19,20)14-6-2-1-3-11(13)16/h4-5,7,14H,1-3,6H2,(H2,13,16). The first kappa shape index (κ1) is 17.0. The summed E-state index contributed by atoms with van der Waals surface area (Å²) in [6.07, 6.45) is 0.956. The first-order valence-corrected chi connectivity index (χ1v) is 7.44. The molecule has 3 N–H and O–H groups in total. The van der Waals surface area contributed by atoms with Gasteiger partial charge in [0.2, 0.25) is 21.7 Å². The maximum Gasteiger partial charge on any atom is 0.304 e. The lowest BCUT2D eigenvalue weighted by Gasteiger charge is -2.06. The number of nitrogens with one attached hydrogen (secondary N) is 1. The van der Waals surface area contributed by atoms with Crippen molar-refractivity contribution in [3.05, 3.63) is 34.1 Å². The van der Waals surface area contributed by atoms with E-state index in [-0.39, 0.29) is 13.0 Å². The fourth-order valence-electron chi connectivity index (χ4n) is 1.52. The molecule has 0 unspecified atom stereocenters. The molecule has 8 nitrogen and oxygen atoms in total. The molecule has 0 spiro atoms. The van der Waals surface area contributed by atoms with Crippen LogP contribution in [0.15, 0.2) is 23.1 Å². The lowest BCUT2D eigenvalue weighted by Crippen LogP contribution is -2.25. The Balaban J connectivity index is 2.68. The number of halogens is 1. The molecule has 1 amide bonds. The van der Waals surface area contributed by atoms with Crippen molar-refractivity contribution >= 4 is 21.6 Å². The summed E-state index contributed by atoms with van der Waals surface area (Å²) in [5.74, 6) is -1.70. The van der Waals surface area contributed by atoms with Crippen LogP contribution >= 0.6 is 0 Å². The SMILES string of the molecule is NC(=O)CCCCNS(=O)(=O)c1ccc([N+](=O)[O-])c(F)c1. The van der Waals surface area contributed by atoms with Crippen LogP contribution < -0.4 is 10.5 Å². The van der Waals surface area contributed by atoms with Crippen molar-refractivity contribution in [2.45, 2.75) is 24.2 Å². The number of hydrogen-bond donors (Lipinski definition) is 2. The molecule has 0 aliphatic rings. The number of hydrogen-bond acceptors (Lipinski definition) is 5. The third kappa shape index (κ3) is 5.08. The number of nitrogens with two attached hydrogens (primary N) is 1. The molecule has 0 fully saturated rings. The summed E-state index contributed by atoms with van der Waals surface area (Å²) in [5.41, 5.74) is 4.14. The summed E-state index contributed by atoms with van der Waals surface area (Å²) in [4.78, 5) is 19.6. The summed E-state index contributed by atoms with van der Waals surface area (Å²) in [6.45, 7) is 0.0498. The van der Waals surface area contributed by atoms with Crippen molar-refractivity contribution in [3.63, 3.8) is 0 Å². The van der Waals surface area contributed by atoms with E-state index >= 15 is 0 Å². The first-order valence-electron chi connectivity index (χ1n) is 5.96. The van der Waals surface area contributed by atoms with Gasteiger partial charge in [0.25, 0.3) is 0 Å². The normalized spacial score (nSPS) is 11.3. The van der Waals surface area contributed by atoms with Gasteiger partial charge in [0, 0.05) is 25.1 Å². The fourth-order valence-corrected chi connectivity index (χ4v) is 2.60. The number of amides is 1. The van der Waals surface area contributed by atoms with Crippen LogP contribution in [0, 0.1) is 15.9 Å². The Morgan fingerprint density at radius 2 is 2.05 bits per heavy atom. The Kier molecular flexibility index (Phi) is 5.73. The van der Waals surface area contributed by atoms with Crippen molar-refractivity contribution in [1.82, 2.24) is 4.72 Å². The monoisotopic (exact) mass is 319 g/mol. The second-order valence-electron chi connectivity index (χ2n) is 4.19. The topological polar surface area (TPSA) is 132 Å². The van der Waals surface area contributed by atoms with E-state index in [0.717, 1.165) is 12.1 Å². The molecular formula is C11H14FN3O5S. The van der Waals surface area contributed by atoms with Crippen LogP contribution in [0.25, 0.3) is 0 Å². The highest BCUT2D eigenvalue weighted by molar-refractivity contribution is 7.89. The zero-order chi connectivity index (χ0) is 16.0. The molecule has 116 valence electrons. The minimum atomic E-state index is -3.95. The largest absolute Gasteiger partial charge is 0.370 e. The zero-order valence-electron chi connectivity index (χ0n) is 10.9. The van der Waals surface area contributed by atoms with Gasteiger partial charge >= 0.3 is 5.69 Å². The molecule has 0 radical (unpaired) electrons. The van der Waals surface area contributed by atoms with E-state index in [2.05, 4.69) is 4.72 Å². The van der Waals surface area contributed by atoms with Gasteiger partial charge in [-0.05, 0) is 18.9 Å². The number of sulfonamides is 1. The molecule has 21 heavy (non-hydrogen) atoms. The van der Waals surface area contributed by atoms with Crippen molar-refractivity contribution in [1.29, 1.82) is 0 Å². The quantitative estimate of drug-likeness (QED) is 0.413. The molecule has 0 saturated carbocycles. The van der Waals surface area contributed by atoms with Gasteiger partial charge in [0.15, 0.2) is 0 Å². The molecule has 1 rings (SSSR count). The third-order valence-corrected chi connectivity index (χ3v) is 4.03. The van der Waals surface area contributed by atoms with Crippen molar-refractivity contribution in [3.8, 4) is 0 Å². The maximum absolute atomic E-state index is 13.4. The number of nitro benzene ring substituents is 1. The van der Waals surface area contributed by atoms with E-state index in [4.69, 9.17) is 5.73 Å². The van der Waals surface area contributed by atoms with Crippen LogP contribution in [0.2, 0.25) is 0 Å².